The number of hydrogen-bond acceptors (Lipinski definition) is 12. The first-order chi connectivity index (χ1) is 49.1. The molecule has 100 heavy (non-hydrogen) atoms. The maximum atomic E-state index is 14.1. The molecule has 0 aromatic heterocycles. The van der Waals surface area contributed by atoms with E-state index in [4.69, 9.17) is 37.3 Å². The normalized spacial score (nSPS) is 17.7. The molecule has 8 atom stereocenters. The summed E-state index contributed by atoms with van der Waals surface area (Å²) < 4.78 is 67.8. The molecule has 5 aromatic rings. The number of rotatable bonds is 59. The Bertz CT molecular complexity index is 2770. The molecule has 0 spiro atoms. The molecule has 5 aromatic carbocycles. The number of carbonyl (C=O) groups is 2. The average molecular weight is 1420 g/mol. The summed E-state index contributed by atoms with van der Waals surface area (Å²) in [6.07, 6.45) is 33.3. The molecule has 1 fully saturated rings. The van der Waals surface area contributed by atoms with E-state index < -0.39 is 50.3 Å². The van der Waals surface area contributed by atoms with Crippen LogP contribution in [0, 0.1) is 0 Å². The Kier molecular flexibility index (Phi) is 45.2. The number of carbonyl (C=O) groups excluding carboxylic acids is 2. The van der Waals surface area contributed by atoms with E-state index in [0.717, 1.165) is 143 Å². The predicted molar refractivity (Wildman–Crippen MR) is 407 cm³/mol. The maximum absolute atomic E-state index is 14.1. The third-order valence-electron chi connectivity index (χ3n) is 18.8. The highest BCUT2D eigenvalue weighted by Crippen LogP contribution is 2.40. The van der Waals surface area contributed by atoms with Crippen LogP contribution in [0.25, 0.3) is 0 Å². The Morgan fingerprint density at radius 2 is 0.710 bits per heavy atom. The minimum atomic E-state index is -3.91. The largest absolute Gasteiger partial charge is 0.462 e. The summed E-state index contributed by atoms with van der Waals surface area (Å²) in [7, 11) is -3.91. The van der Waals surface area contributed by atoms with Gasteiger partial charge in [0.05, 0.1) is 33.0 Å². The van der Waals surface area contributed by atoms with Crippen LogP contribution in [0.5, 0.6) is 0 Å². The summed E-state index contributed by atoms with van der Waals surface area (Å²) in [6, 6.07) is 50.8. The third kappa shape index (κ3) is 38.0. The molecule has 15 heteroatoms. The first-order valence-electron chi connectivity index (χ1n) is 38.7. The summed E-state index contributed by atoms with van der Waals surface area (Å²) in [4.78, 5) is 46.2. The lowest BCUT2D eigenvalue weighted by molar-refractivity contribution is -0.277. The molecule has 0 bridgehead atoms. The Labute approximate surface area is 607 Å². The van der Waals surface area contributed by atoms with Crippen molar-refractivity contribution in [1.29, 1.82) is 0 Å². The van der Waals surface area contributed by atoms with Crippen molar-refractivity contribution in [3.8, 4) is 0 Å². The molecule has 0 radical (unpaired) electrons. The van der Waals surface area contributed by atoms with Gasteiger partial charge < -0.3 is 47.1 Å². The monoisotopic (exact) mass is 1420 g/mol. The minimum absolute atomic E-state index is 0.0234. The summed E-state index contributed by atoms with van der Waals surface area (Å²) in [5, 5.41) is -0.225. The zero-order chi connectivity index (χ0) is 70.6. The number of unbranched alkanes of at least 4 members (excludes halogenated alkanes) is 26. The number of benzene rings is 5. The van der Waals surface area contributed by atoms with Crippen molar-refractivity contribution >= 4 is 31.6 Å². The van der Waals surface area contributed by atoms with E-state index in [1.807, 2.05) is 91.0 Å². The topological polar surface area (TPSA) is 166 Å². The van der Waals surface area contributed by atoms with Gasteiger partial charge in [-0.3, -0.25) is 14.2 Å². The highest BCUT2D eigenvalue weighted by molar-refractivity contribution is 7.95. The Morgan fingerprint density at radius 3 is 1.07 bits per heavy atom. The van der Waals surface area contributed by atoms with Crippen molar-refractivity contribution in [3.63, 3.8) is 0 Å². The fourth-order valence-electron chi connectivity index (χ4n) is 13.0. The number of ether oxygens (including phenoxy) is 7. The zero-order valence-electron chi connectivity index (χ0n) is 60.9. The molecule has 2 N–H and O–H groups in total. The molecule has 0 heterocycles. The van der Waals surface area contributed by atoms with Crippen molar-refractivity contribution in [3.05, 3.63) is 192 Å². The second kappa shape index (κ2) is 53.8. The van der Waals surface area contributed by atoms with E-state index in [2.05, 4.69) is 86.7 Å². The molecule has 6 rings (SSSR count). The Hall–Kier alpha value is -4.96. The molecular weight excluding hydrogens is 1290 g/mol. The molecule has 1 aliphatic carbocycles. The standard InChI is InChI=1S/C85H125O13PS/c1-3-5-7-9-11-19-24-28-47-61-78(86)91-70-76(97-79(87)62-48-29-25-20-12-10-8-6-4-2)64-77(60-46-27-23-21-17-15-13-14-16-18-22-26-30-49-63-99(88,89)90)100-98-85-83(95-68-74-56-42-34-43-57-74)81(93-66-72-52-38-32-39-53-72)80(92-65-71-50-36-31-37-51-71)82(94-67-73-54-40-33-41-55-73)84(85)96-69-75-58-44-35-45-59-75/h13,15,31-45,50-59,76-77,80-85H,3-12,14,16-30,46-49,60-70H2,1-2H3,(H2,88,89,90)/b15-13-/t76?,77?,80?,81-,82+,83-,84-,85?/m0/s1. The number of allylic oxidation sites excluding steroid dienone is 2. The van der Waals surface area contributed by atoms with Crippen LogP contribution in [0.2, 0.25) is 0 Å². The van der Waals surface area contributed by atoms with Gasteiger partial charge in [0.25, 0.3) is 0 Å². The van der Waals surface area contributed by atoms with Crippen LogP contribution in [-0.2, 0) is 84.5 Å². The fraction of sp³-hybridized carbons (Fsp3) is 0.600. The van der Waals surface area contributed by atoms with E-state index >= 15 is 0 Å². The summed E-state index contributed by atoms with van der Waals surface area (Å²) in [5.41, 5.74) is 4.95. The second-order valence-corrected chi connectivity index (χ2v) is 30.4. The van der Waals surface area contributed by atoms with E-state index in [1.54, 1.807) is 0 Å². The lowest BCUT2D eigenvalue weighted by Gasteiger charge is -2.49. The van der Waals surface area contributed by atoms with Gasteiger partial charge >= 0.3 is 19.5 Å². The SMILES string of the molecule is CCCCCCCCCCCC(=O)OCC(CC(CCCCCC/C=C\CCCCCCCCP(=O)(O)O)SOC1[C@@H](OCc2ccccc2)[C@H](OCc2ccccc2)C(OCc2ccccc2)[C@H](OCc2ccccc2)[C@@H]1OCc1ccccc1)OC(=O)CCCCCCCCCCC. The predicted octanol–water partition coefficient (Wildman–Crippen LogP) is 21.8. The molecule has 1 aliphatic rings. The first kappa shape index (κ1) is 84.0. The van der Waals surface area contributed by atoms with Crippen molar-refractivity contribution in [2.45, 2.75) is 313 Å². The van der Waals surface area contributed by atoms with Gasteiger partial charge in [0.2, 0.25) is 0 Å². The van der Waals surface area contributed by atoms with Crippen LogP contribution < -0.4 is 0 Å². The number of hydrogen-bond donors (Lipinski definition) is 2. The van der Waals surface area contributed by atoms with E-state index in [9.17, 15) is 23.9 Å². The Morgan fingerprint density at radius 1 is 0.400 bits per heavy atom. The second-order valence-electron chi connectivity index (χ2n) is 27.5. The quantitative estimate of drug-likeness (QED) is 0.0124. The van der Waals surface area contributed by atoms with Crippen LogP contribution >= 0.6 is 19.6 Å². The highest BCUT2D eigenvalue weighted by Gasteiger charge is 2.56. The van der Waals surface area contributed by atoms with Gasteiger partial charge in [0.15, 0.2) is 0 Å². The zero-order valence-corrected chi connectivity index (χ0v) is 62.7. The van der Waals surface area contributed by atoms with Gasteiger partial charge in [-0.05, 0) is 91.2 Å². The third-order valence-corrected chi connectivity index (χ3v) is 20.7. The molecular formula is C85H125O13PS. The average Bonchev–Trinajstić information content (AvgIpc) is 0.764. The van der Waals surface area contributed by atoms with E-state index in [1.165, 1.54) is 89.1 Å². The maximum Gasteiger partial charge on any atom is 0.325 e. The minimum Gasteiger partial charge on any atom is -0.462 e. The van der Waals surface area contributed by atoms with Crippen molar-refractivity contribution in [2.24, 2.45) is 0 Å². The molecule has 1 saturated carbocycles. The molecule has 13 nitrogen and oxygen atoms in total. The van der Waals surface area contributed by atoms with Crippen molar-refractivity contribution < 1.29 is 61.3 Å². The van der Waals surface area contributed by atoms with E-state index in [0.29, 0.717) is 25.7 Å². The molecule has 0 aliphatic heterocycles. The van der Waals surface area contributed by atoms with Crippen LogP contribution in [0.3, 0.4) is 0 Å². The summed E-state index contributed by atoms with van der Waals surface area (Å²) in [5.74, 6) is -0.539. The Balaban J connectivity index is 1.30. The van der Waals surface area contributed by atoms with Crippen LogP contribution in [0.1, 0.15) is 260 Å². The van der Waals surface area contributed by atoms with Gasteiger partial charge in [-0.2, -0.15) is 0 Å². The van der Waals surface area contributed by atoms with Gasteiger partial charge in [0.1, 0.15) is 49.3 Å². The highest BCUT2D eigenvalue weighted by atomic mass is 32.2. The molecule has 554 valence electrons. The van der Waals surface area contributed by atoms with Gasteiger partial charge in [0, 0.05) is 30.7 Å². The molecule has 0 saturated heterocycles. The van der Waals surface area contributed by atoms with Gasteiger partial charge in [-0.25, -0.2) is 0 Å². The van der Waals surface area contributed by atoms with Gasteiger partial charge in [-0.1, -0.05) is 325 Å². The smallest absolute Gasteiger partial charge is 0.325 e. The molecule has 4 unspecified atom stereocenters. The number of esters is 2. The van der Waals surface area contributed by atoms with Crippen LogP contribution in [0.15, 0.2) is 164 Å². The van der Waals surface area contributed by atoms with Gasteiger partial charge in [-0.15, -0.1) is 0 Å². The lowest BCUT2D eigenvalue weighted by atomic mass is 9.83. The first-order valence-corrected chi connectivity index (χ1v) is 41.3. The van der Waals surface area contributed by atoms with Crippen LogP contribution in [-0.4, -0.2) is 82.5 Å². The van der Waals surface area contributed by atoms with Crippen LogP contribution in [0.4, 0.5) is 0 Å². The van der Waals surface area contributed by atoms with Crippen molar-refractivity contribution in [1.82, 2.24) is 0 Å². The molecule has 0 amide bonds. The summed E-state index contributed by atoms with van der Waals surface area (Å²) >= 11 is 1.38. The van der Waals surface area contributed by atoms with Crippen molar-refractivity contribution in [2.75, 3.05) is 12.8 Å². The summed E-state index contributed by atoms with van der Waals surface area (Å²) in [6.45, 7) is 5.75. The van der Waals surface area contributed by atoms with E-state index in [-0.39, 0.29) is 63.0 Å². The fourth-order valence-corrected chi connectivity index (χ4v) is 14.7. The lowest BCUT2D eigenvalue weighted by Crippen LogP contribution is -2.67.